The molecular formula is C36H47N9O5. The summed E-state index contributed by atoms with van der Waals surface area (Å²) < 4.78 is 0. The standard InChI is InChI=1S/C36H47N9O5/c1-27(46)42(18-14-30-20-39-26-41-30)23-36(50)45(21-28-9-3-2-4-10-28)25-35(49)43(16-8-7-15-37)24-34(48)44(22-33(38)47)17-13-29-19-40-32-12-6-5-11-31(29)32/h2-6,9-12,19-20,26,40H,7-8,13-18,21-25,37H2,1H3,(H2,38,47)(H,39,41). The van der Waals surface area contributed by atoms with Gasteiger partial charge >= 0.3 is 0 Å². The van der Waals surface area contributed by atoms with Crippen molar-refractivity contribution in [2.75, 3.05) is 52.4 Å². The average Bonchev–Trinajstić information content (AvgIpc) is 3.78. The Morgan fingerprint density at radius 3 is 2.04 bits per heavy atom. The van der Waals surface area contributed by atoms with E-state index in [9.17, 15) is 24.0 Å². The van der Waals surface area contributed by atoms with Crippen molar-refractivity contribution in [3.05, 3.63) is 90.1 Å². The number of amides is 5. The summed E-state index contributed by atoms with van der Waals surface area (Å²) in [5.41, 5.74) is 14.8. The largest absolute Gasteiger partial charge is 0.368 e. The summed E-state index contributed by atoms with van der Waals surface area (Å²) in [6.45, 7) is 1.51. The molecule has 266 valence electrons. The van der Waals surface area contributed by atoms with Gasteiger partial charge in [-0.15, -0.1) is 0 Å². The van der Waals surface area contributed by atoms with Crippen molar-refractivity contribution in [1.29, 1.82) is 0 Å². The molecule has 4 rings (SSSR count). The number of carbonyl (C=O) groups is 5. The van der Waals surface area contributed by atoms with E-state index < -0.39 is 23.6 Å². The molecule has 6 N–H and O–H groups in total. The van der Waals surface area contributed by atoms with Crippen molar-refractivity contribution < 1.29 is 24.0 Å². The number of fused-ring (bicyclic) bond motifs is 1. The zero-order chi connectivity index (χ0) is 35.9. The van der Waals surface area contributed by atoms with Crippen LogP contribution in [0, 0.1) is 0 Å². The van der Waals surface area contributed by atoms with Gasteiger partial charge < -0.3 is 41.0 Å². The van der Waals surface area contributed by atoms with Gasteiger partial charge in [0.1, 0.15) is 6.54 Å². The molecule has 14 nitrogen and oxygen atoms in total. The third-order valence-corrected chi connectivity index (χ3v) is 8.46. The fourth-order valence-electron chi connectivity index (χ4n) is 5.66. The fourth-order valence-corrected chi connectivity index (χ4v) is 5.66. The van der Waals surface area contributed by atoms with Gasteiger partial charge in [0.2, 0.25) is 29.5 Å². The van der Waals surface area contributed by atoms with E-state index in [-0.39, 0.29) is 58.3 Å². The highest BCUT2D eigenvalue weighted by molar-refractivity contribution is 5.91. The average molecular weight is 686 g/mol. The Kier molecular flexibility index (Phi) is 14.1. The van der Waals surface area contributed by atoms with E-state index in [1.165, 1.54) is 26.5 Å². The van der Waals surface area contributed by atoms with E-state index in [0.717, 1.165) is 27.7 Å². The third-order valence-electron chi connectivity index (χ3n) is 8.46. The van der Waals surface area contributed by atoms with Gasteiger partial charge in [-0.05, 0) is 43.0 Å². The number of aromatic nitrogens is 3. The van der Waals surface area contributed by atoms with Gasteiger partial charge in [-0.3, -0.25) is 24.0 Å². The lowest BCUT2D eigenvalue weighted by Crippen LogP contribution is -2.50. The minimum absolute atomic E-state index is 0.126. The van der Waals surface area contributed by atoms with Gasteiger partial charge in [-0.1, -0.05) is 48.5 Å². The molecule has 0 spiro atoms. The Hall–Kier alpha value is -5.50. The highest BCUT2D eigenvalue weighted by Crippen LogP contribution is 2.18. The normalized spacial score (nSPS) is 10.9. The molecule has 0 aliphatic rings. The highest BCUT2D eigenvalue weighted by atomic mass is 16.2. The number of rotatable bonds is 20. The van der Waals surface area contributed by atoms with Gasteiger partial charge in [0.05, 0.1) is 26.0 Å². The molecule has 0 aliphatic heterocycles. The summed E-state index contributed by atoms with van der Waals surface area (Å²) >= 11 is 0. The monoisotopic (exact) mass is 685 g/mol. The number of hydrogen-bond donors (Lipinski definition) is 4. The summed E-state index contributed by atoms with van der Waals surface area (Å²) in [5, 5.41) is 1.02. The molecule has 2 aromatic heterocycles. The maximum Gasteiger partial charge on any atom is 0.242 e. The summed E-state index contributed by atoms with van der Waals surface area (Å²) in [7, 11) is 0. The Morgan fingerprint density at radius 1 is 0.720 bits per heavy atom. The lowest BCUT2D eigenvalue weighted by Gasteiger charge is -2.31. The van der Waals surface area contributed by atoms with E-state index in [4.69, 9.17) is 11.5 Å². The van der Waals surface area contributed by atoms with Gasteiger partial charge in [0.25, 0.3) is 0 Å². The van der Waals surface area contributed by atoms with Crippen LogP contribution in [0.4, 0.5) is 0 Å². The number of H-pyrrole nitrogens is 2. The molecule has 4 aromatic rings. The van der Waals surface area contributed by atoms with Crippen LogP contribution in [0.1, 0.15) is 36.6 Å². The minimum atomic E-state index is -0.666. The highest BCUT2D eigenvalue weighted by Gasteiger charge is 2.27. The van der Waals surface area contributed by atoms with Gasteiger partial charge in [-0.2, -0.15) is 0 Å². The van der Waals surface area contributed by atoms with Crippen LogP contribution in [-0.2, 0) is 43.4 Å². The number of carbonyl (C=O) groups excluding carboxylic acids is 5. The number of aromatic amines is 2. The molecule has 5 amide bonds. The van der Waals surface area contributed by atoms with Crippen LogP contribution in [0.15, 0.2) is 73.3 Å². The van der Waals surface area contributed by atoms with Gasteiger partial charge in [0, 0.05) is 68.5 Å². The zero-order valence-corrected chi connectivity index (χ0v) is 28.6. The molecule has 50 heavy (non-hydrogen) atoms. The van der Waals surface area contributed by atoms with Crippen LogP contribution in [0.3, 0.4) is 0 Å². The Morgan fingerprint density at radius 2 is 1.36 bits per heavy atom. The third kappa shape index (κ3) is 11.3. The summed E-state index contributed by atoms with van der Waals surface area (Å²) in [4.78, 5) is 81.8. The van der Waals surface area contributed by atoms with Crippen LogP contribution in [-0.4, -0.2) is 116 Å². The van der Waals surface area contributed by atoms with Crippen LogP contribution in [0.2, 0.25) is 0 Å². The summed E-state index contributed by atoms with van der Waals surface area (Å²) in [6, 6.07) is 17.0. The number of imidazole rings is 1. The molecule has 0 fully saturated rings. The second-order valence-corrected chi connectivity index (χ2v) is 12.2. The van der Waals surface area contributed by atoms with Crippen molar-refractivity contribution in [3.8, 4) is 0 Å². The summed E-state index contributed by atoms with van der Waals surface area (Å²) in [5.74, 6) is -2.24. The molecule has 2 heterocycles. The first-order valence-corrected chi connectivity index (χ1v) is 16.8. The quantitative estimate of drug-likeness (QED) is 0.101. The van der Waals surface area contributed by atoms with Crippen molar-refractivity contribution in [3.63, 3.8) is 0 Å². The van der Waals surface area contributed by atoms with E-state index in [2.05, 4.69) is 15.0 Å². The minimum Gasteiger partial charge on any atom is -0.368 e. The number of nitrogens with one attached hydrogen (secondary N) is 2. The Labute approximate surface area is 291 Å². The van der Waals surface area contributed by atoms with Crippen LogP contribution in [0.25, 0.3) is 10.9 Å². The molecule has 14 heteroatoms. The van der Waals surface area contributed by atoms with Crippen LogP contribution in [0.5, 0.6) is 0 Å². The van der Waals surface area contributed by atoms with Crippen LogP contribution >= 0.6 is 0 Å². The molecule has 2 aromatic carbocycles. The lowest BCUT2D eigenvalue weighted by atomic mass is 10.1. The van der Waals surface area contributed by atoms with E-state index in [1.807, 2.05) is 60.8 Å². The number of nitrogens with two attached hydrogens (primary N) is 2. The van der Waals surface area contributed by atoms with E-state index in [1.54, 1.807) is 12.5 Å². The SMILES string of the molecule is CC(=O)N(CCc1cnc[nH]1)CC(=O)N(CC(=O)N(CCCCN)CC(=O)N(CCc1c[nH]c2ccccc12)CC(N)=O)Cc1ccccc1. The first-order valence-electron chi connectivity index (χ1n) is 16.8. The van der Waals surface area contributed by atoms with Gasteiger partial charge in [-0.25, -0.2) is 4.98 Å². The number of unbranched alkanes of at least 4 members (excludes halogenated alkanes) is 1. The fraction of sp³-hybridized carbons (Fsp3) is 0.389. The van der Waals surface area contributed by atoms with Gasteiger partial charge in [0.15, 0.2) is 0 Å². The molecule has 0 unspecified atom stereocenters. The molecule has 0 atom stereocenters. The number of nitrogens with zero attached hydrogens (tertiary/aromatic N) is 5. The van der Waals surface area contributed by atoms with Crippen molar-refractivity contribution in [2.24, 2.45) is 11.5 Å². The Balaban J connectivity index is 1.49. The first kappa shape index (κ1) is 37.3. The number of primary amides is 1. The number of para-hydroxylation sites is 1. The number of hydrogen-bond acceptors (Lipinski definition) is 7. The van der Waals surface area contributed by atoms with Crippen molar-refractivity contribution in [2.45, 2.75) is 39.2 Å². The zero-order valence-electron chi connectivity index (χ0n) is 28.6. The lowest BCUT2D eigenvalue weighted by molar-refractivity contribution is -0.146. The smallest absolute Gasteiger partial charge is 0.242 e. The van der Waals surface area contributed by atoms with Crippen molar-refractivity contribution in [1.82, 2.24) is 34.6 Å². The maximum atomic E-state index is 14.0. The Bertz CT molecular complexity index is 1710. The molecule has 0 radical (unpaired) electrons. The summed E-state index contributed by atoms with van der Waals surface area (Å²) in [6.07, 6.45) is 7.20. The predicted molar refractivity (Wildman–Crippen MR) is 189 cm³/mol. The number of benzene rings is 2. The van der Waals surface area contributed by atoms with Crippen molar-refractivity contribution >= 4 is 40.4 Å². The topological polar surface area (TPSA) is 195 Å². The molecule has 0 saturated heterocycles. The predicted octanol–water partition coefficient (Wildman–Crippen LogP) is 1.43. The molecule has 0 saturated carbocycles. The molecule has 0 bridgehead atoms. The first-order chi connectivity index (χ1) is 24.1. The van der Waals surface area contributed by atoms with E-state index in [0.29, 0.717) is 32.2 Å². The second kappa shape index (κ2) is 18.9. The molecule has 0 aliphatic carbocycles. The second-order valence-electron chi connectivity index (χ2n) is 12.2. The molecular weight excluding hydrogens is 638 g/mol. The van der Waals surface area contributed by atoms with E-state index >= 15 is 0 Å². The maximum absolute atomic E-state index is 14.0. The van der Waals surface area contributed by atoms with Crippen LogP contribution < -0.4 is 11.5 Å².